The van der Waals surface area contributed by atoms with Crippen molar-refractivity contribution < 1.29 is 0 Å². The van der Waals surface area contributed by atoms with Crippen molar-refractivity contribution in [1.29, 1.82) is 0 Å². The predicted octanol–water partition coefficient (Wildman–Crippen LogP) is 4.29. The first-order valence-corrected chi connectivity index (χ1v) is 8.01. The number of rotatable bonds is 7. The second-order valence-corrected chi connectivity index (χ2v) is 5.89. The molecule has 2 aromatic rings. The number of anilines is 2. The summed E-state index contributed by atoms with van der Waals surface area (Å²) >= 11 is 5.90. The average molecular weight is 319 g/mol. The number of nitrogens with zero attached hydrogens (tertiary/aromatic N) is 3. The molecule has 0 atom stereocenters. The van der Waals surface area contributed by atoms with Gasteiger partial charge < -0.3 is 10.2 Å². The normalized spacial score (nSPS) is 10.5. The Morgan fingerprint density at radius 1 is 1.18 bits per heavy atom. The summed E-state index contributed by atoms with van der Waals surface area (Å²) < 4.78 is 0. The maximum Gasteiger partial charge on any atom is 0.227 e. The van der Waals surface area contributed by atoms with Crippen molar-refractivity contribution in [2.75, 3.05) is 23.8 Å². The van der Waals surface area contributed by atoms with Crippen LogP contribution in [0.3, 0.4) is 0 Å². The summed E-state index contributed by atoms with van der Waals surface area (Å²) in [5, 5.41) is 4.10. The number of aryl methyl sites for hydroxylation is 1. The van der Waals surface area contributed by atoms with Crippen molar-refractivity contribution in [3.8, 4) is 0 Å². The molecule has 0 amide bonds. The molecule has 1 aromatic carbocycles. The van der Waals surface area contributed by atoms with Crippen LogP contribution < -0.4 is 10.2 Å². The Labute approximate surface area is 137 Å². The van der Waals surface area contributed by atoms with E-state index in [9.17, 15) is 0 Å². The molecule has 0 aliphatic heterocycles. The van der Waals surface area contributed by atoms with Crippen LogP contribution in [0.25, 0.3) is 0 Å². The van der Waals surface area contributed by atoms with Gasteiger partial charge in [0.05, 0.1) is 0 Å². The van der Waals surface area contributed by atoms with E-state index < -0.39 is 0 Å². The van der Waals surface area contributed by atoms with Gasteiger partial charge in [0.15, 0.2) is 0 Å². The van der Waals surface area contributed by atoms with Gasteiger partial charge in [-0.25, -0.2) is 4.98 Å². The molecule has 0 unspecified atom stereocenters. The summed E-state index contributed by atoms with van der Waals surface area (Å²) in [5.74, 6) is 1.62. The van der Waals surface area contributed by atoms with Gasteiger partial charge in [0.25, 0.3) is 0 Å². The highest BCUT2D eigenvalue weighted by Crippen LogP contribution is 2.15. The van der Waals surface area contributed by atoms with Crippen molar-refractivity contribution in [2.24, 2.45) is 0 Å². The van der Waals surface area contributed by atoms with Gasteiger partial charge in [0, 0.05) is 36.9 Å². The first kappa shape index (κ1) is 16.6. The molecule has 0 spiro atoms. The Kier molecular flexibility index (Phi) is 6.01. The van der Waals surface area contributed by atoms with Crippen molar-refractivity contribution in [3.05, 3.63) is 46.6 Å². The van der Waals surface area contributed by atoms with Crippen LogP contribution in [0.4, 0.5) is 11.8 Å². The highest BCUT2D eigenvalue weighted by Gasteiger charge is 2.07. The van der Waals surface area contributed by atoms with Crippen molar-refractivity contribution in [2.45, 2.75) is 33.2 Å². The molecule has 22 heavy (non-hydrogen) atoms. The third kappa shape index (κ3) is 4.88. The zero-order valence-electron chi connectivity index (χ0n) is 13.4. The van der Waals surface area contributed by atoms with Crippen molar-refractivity contribution in [3.63, 3.8) is 0 Å². The van der Waals surface area contributed by atoms with Gasteiger partial charge in [-0.3, -0.25) is 0 Å². The molecule has 5 heteroatoms. The van der Waals surface area contributed by atoms with Gasteiger partial charge in [0.2, 0.25) is 5.95 Å². The summed E-state index contributed by atoms with van der Waals surface area (Å²) in [6.45, 7) is 5.86. The fraction of sp³-hybridized carbons (Fsp3) is 0.412. The minimum absolute atomic E-state index is 0.714. The third-order valence-electron chi connectivity index (χ3n) is 3.42. The van der Waals surface area contributed by atoms with Crippen LogP contribution in [0.15, 0.2) is 30.3 Å². The van der Waals surface area contributed by atoms with Crippen molar-refractivity contribution >= 4 is 23.4 Å². The van der Waals surface area contributed by atoms with Gasteiger partial charge >= 0.3 is 0 Å². The molecule has 0 saturated carbocycles. The Hall–Kier alpha value is -1.81. The highest BCUT2D eigenvalue weighted by molar-refractivity contribution is 6.30. The monoisotopic (exact) mass is 318 g/mol. The summed E-state index contributed by atoms with van der Waals surface area (Å²) in [4.78, 5) is 11.2. The predicted molar refractivity (Wildman–Crippen MR) is 93.7 cm³/mol. The molecule has 0 aliphatic rings. The molecule has 0 bridgehead atoms. The van der Waals surface area contributed by atoms with Crippen LogP contribution in [-0.2, 0) is 6.54 Å². The summed E-state index contributed by atoms with van der Waals surface area (Å²) in [6, 6.07) is 9.78. The van der Waals surface area contributed by atoms with Crippen LogP contribution in [0.5, 0.6) is 0 Å². The quantitative estimate of drug-likeness (QED) is 0.827. The van der Waals surface area contributed by atoms with Gasteiger partial charge in [0.1, 0.15) is 5.82 Å². The molecule has 0 radical (unpaired) electrons. The first-order valence-electron chi connectivity index (χ1n) is 7.63. The molecule has 0 aliphatic carbocycles. The lowest BCUT2D eigenvalue weighted by molar-refractivity contribution is 0.748. The maximum absolute atomic E-state index is 5.90. The fourth-order valence-corrected chi connectivity index (χ4v) is 2.23. The number of nitrogens with one attached hydrogen (secondary N) is 1. The minimum Gasteiger partial charge on any atom is -0.366 e. The molecule has 118 valence electrons. The Balaban J connectivity index is 2.04. The number of hydrogen-bond acceptors (Lipinski definition) is 4. The van der Waals surface area contributed by atoms with Crippen LogP contribution >= 0.6 is 11.6 Å². The third-order valence-corrected chi connectivity index (χ3v) is 3.67. The van der Waals surface area contributed by atoms with Crippen LogP contribution in [0, 0.1) is 6.92 Å². The summed E-state index contributed by atoms with van der Waals surface area (Å²) in [6.07, 6.45) is 2.30. The molecular formula is C17H23ClN4. The van der Waals surface area contributed by atoms with E-state index >= 15 is 0 Å². The van der Waals surface area contributed by atoms with E-state index in [1.54, 1.807) is 0 Å². The van der Waals surface area contributed by atoms with E-state index in [-0.39, 0.29) is 0 Å². The average Bonchev–Trinajstić information content (AvgIpc) is 2.51. The molecular weight excluding hydrogens is 296 g/mol. The Bertz CT molecular complexity index is 598. The second kappa shape index (κ2) is 7.99. The number of unbranched alkanes of at least 4 members (excludes halogenated alkanes) is 1. The fourth-order valence-electron chi connectivity index (χ4n) is 2.10. The number of halogens is 1. The molecule has 0 saturated heterocycles. The highest BCUT2D eigenvalue weighted by atomic mass is 35.5. The van der Waals surface area contributed by atoms with E-state index in [4.69, 9.17) is 11.6 Å². The molecule has 2 rings (SSSR count). The zero-order valence-corrected chi connectivity index (χ0v) is 14.2. The number of benzene rings is 1. The lowest BCUT2D eigenvalue weighted by atomic mass is 10.2. The molecule has 4 nitrogen and oxygen atoms in total. The number of aromatic nitrogens is 2. The largest absolute Gasteiger partial charge is 0.366 e. The zero-order chi connectivity index (χ0) is 15.9. The summed E-state index contributed by atoms with van der Waals surface area (Å²) in [7, 11) is 2.04. The standard InChI is InChI=1S/C17H23ClN4/c1-4-5-10-22(3)17-20-13(2)11-16(21-17)19-12-14-6-8-15(18)9-7-14/h6-9,11H,4-5,10,12H2,1-3H3,(H,19,20,21). The van der Waals surface area contributed by atoms with Crippen molar-refractivity contribution in [1.82, 2.24) is 9.97 Å². The topological polar surface area (TPSA) is 41.1 Å². The Morgan fingerprint density at radius 2 is 1.91 bits per heavy atom. The van der Waals surface area contributed by atoms with E-state index in [2.05, 4.69) is 27.1 Å². The van der Waals surface area contributed by atoms with E-state index in [0.717, 1.165) is 41.9 Å². The van der Waals surface area contributed by atoms with E-state index in [0.29, 0.717) is 6.54 Å². The molecule has 1 aromatic heterocycles. The van der Waals surface area contributed by atoms with Crippen LogP contribution in [0.2, 0.25) is 5.02 Å². The van der Waals surface area contributed by atoms with E-state index in [1.807, 2.05) is 44.3 Å². The second-order valence-electron chi connectivity index (χ2n) is 5.45. The maximum atomic E-state index is 5.90. The molecule has 1 N–H and O–H groups in total. The lowest BCUT2D eigenvalue weighted by Gasteiger charge is -2.18. The summed E-state index contributed by atoms with van der Waals surface area (Å²) in [5.41, 5.74) is 2.13. The van der Waals surface area contributed by atoms with E-state index in [1.165, 1.54) is 5.56 Å². The van der Waals surface area contributed by atoms with Crippen LogP contribution in [-0.4, -0.2) is 23.6 Å². The van der Waals surface area contributed by atoms with Gasteiger partial charge in [-0.1, -0.05) is 37.1 Å². The first-order chi connectivity index (χ1) is 10.6. The Morgan fingerprint density at radius 3 is 2.59 bits per heavy atom. The number of hydrogen-bond donors (Lipinski definition) is 1. The van der Waals surface area contributed by atoms with Gasteiger partial charge in [-0.2, -0.15) is 4.98 Å². The molecule has 0 fully saturated rings. The smallest absolute Gasteiger partial charge is 0.227 e. The van der Waals surface area contributed by atoms with Crippen LogP contribution in [0.1, 0.15) is 31.0 Å². The lowest BCUT2D eigenvalue weighted by Crippen LogP contribution is -2.21. The molecule has 1 heterocycles. The SMILES string of the molecule is CCCCN(C)c1nc(C)cc(NCc2ccc(Cl)cc2)n1. The van der Waals surface area contributed by atoms with Gasteiger partial charge in [-0.15, -0.1) is 0 Å². The minimum atomic E-state index is 0.714. The van der Waals surface area contributed by atoms with Gasteiger partial charge in [-0.05, 0) is 31.0 Å².